The molecule has 4 heteroatoms. The van der Waals surface area contributed by atoms with Gasteiger partial charge in [-0.1, -0.05) is 152 Å². The molecule has 0 radical (unpaired) electrons. The van der Waals surface area contributed by atoms with Crippen LogP contribution in [0, 0.1) is 0 Å². The van der Waals surface area contributed by atoms with E-state index in [4.69, 9.17) is 9.53 Å². The molecule has 0 aromatic heterocycles. The highest BCUT2D eigenvalue weighted by molar-refractivity contribution is 6.99. The van der Waals surface area contributed by atoms with Crippen LogP contribution >= 0.6 is 0 Å². The van der Waals surface area contributed by atoms with Gasteiger partial charge >= 0.3 is 5.97 Å². The van der Waals surface area contributed by atoms with Crippen LogP contribution in [0.1, 0.15) is 124 Å². The zero-order valence-electron chi connectivity index (χ0n) is 25.9. The summed E-state index contributed by atoms with van der Waals surface area (Å²) in [6, 6.07) is 22.0. The molecule has 0 spiro atoms. The lowest BCUT2D eigenvalue weighted by molar-refractivity contribution is -0.137. The molecule has 0 amide bonds. The molecule has 1 N–H and O–H groups in total. The highest BCUT2D eigenvalue weighted by Crippen LogP contribution is 2.38. The molecule has 0 heterocycles. The maximum atomic E-state index is 10.5. The molecule has 2 aromatic carbocycles. The predicted molar refractivity (Wildman–Crippen MR) is 174 cm³/mol. The zero-order valence-corrected chi connectivity index (χ0v) is 26.9. The maximum Gasteiger partial charge on any atom is 0.303 e. The molecule has 0 saturated carbocycles. The van der Waals surface area contributed by atoms with Crippen molar-refractivity contribution in [3.8, 4) is 0 Å². The molecule has 0 bridgehead atoms. The van der Waals surface area contributed by atoms with Crippen molar-refractivity contribution in [2.45, 2.75) is 135 Å². The summed E-state index contributed by atoms with van der Waals surface area (Å²) in [4.78, 5) is 10.5. The number of rotatable bonds is 21. The molecule has 1 atom stereocenters. The summed E-state index contributed by atoms with van der Waals surface area (Å²) in [6.07, 6.45) is 21.9. The van der Waals surface area contributed by atoms with Crippen molar-refractivity contribution >= 4 is 24.7 Å². The van der Waals surface area contributed by atoms with E-state index in [1.54, 1.807) is 0 Å². The second-order valence-corrected chi connectivity index (χ2v) is 16.6. The van der Waals surface area contributed by atoms with Crippen molar-refractivity contribution in [3.05, 3.63) is 72.8 Å². The lowest BCUT2D eigenvalue weighted by atomic mass is 10.0. The third-order valence-corrected chi connectivity index (χ3v) is 13.1. The Morgan fingerprint density at radius 3 is 1.65 bits per heavy atom. The first-order valence-corrected chi connectivity index (χ1v) is 17.9. The van der Waals surface area contributed by atoms with Gasteiger partial charge in [-0.05, 0) is 53.9 Å². The van der Waals surface area contributed by atoms with Crippen molar-refractivity contribution in [2.75, 3.05) is 0 Å². The third-order valence-electron chi connectivity index (χ3n) is 8.05. The number of unbranched alkanes of at least 4 members (excludes halogenated alkanes) is 10. The molecule has 0 saturated heterocycles. The second-order valence-electron chi connectivity index (χ2n) is 12.3. The Balaban J connectivity index is 1.75. The number of benzene rings is 2. The van der Waals surface area contributed by atoms with Gasteiger partial charge in [0.05, 0.1) is 0 Å². The number of allylic oxidation sites excluding steroid dienone is 2. The summed E-state index contributed by atoms with van der Waals surface area (Å²) in [5, 5.41) is 11.4. The van der Waals surface area contributed by atoms with Crippen molar-refractivity contribution in [1.82, 2.24) is 0 Å². The molecular formula is C36H56O3Si. The molecule has 2 aromatic rings. The smallest absolute Gasteiger partial charge is 0.303 e. The minimum absolute atomic E-state index is 0.0148. The lowest BCUT2D eigenvalue weighted by Gasteiger charge is -2.45. The molecule has 0 fully saturated rings. The molecule has 1 unspecified atom stereocenters. The summed E-state index contributed by atoms with van der Waals surface area (Å²) in [7, 11) is -2.49. The third kappa shape index (κ3) is 11.7. The van der Waals surface area contributed by atoms with E-state index in [1.807, 2.05) is 0 Å². The minimum Gasteiger partial charge on any atom is -0.481 e. The standard InChI is InChI=1S/C36H56O3Si/c1-5-32(26-20-16-14-12-10-8-6-7-9-11-13-15-17-25-31-35(37)38)39-40(36(2,3)4,33-27-21-18-22-28-33)34-29-23-19-24-30-34/h14,16,18-19,21-24,27-30,32H,5-13,15,17,20,25-26,31H2,1-4H3,(H,37,38)/b16-14-. The van der Waals surface area contributed by atoms with E-state index in [1.165, 1.54) is 68.2 Å². The van der Waals surface area contributed by atoms with E-state index in [0.29, 0.717) is 6.42 Å². The molecule has 222 valence electrons. The fourth-order valence-corrected chi connectivity index (χ4v) is 10.6. The van der Waals surface area contributed by atoms with Crippen LogP contribution < -0.4 is 10.4 Å². The van der Waals surface area contributed by atoms with Gasteiger partial charge in [0.25, 0.3) is 8.32 Å². The van der Waals surface area contributed by atoms with Crippen LogP contribution in [0.4, 0.5) is 0 Å². The number of carbonyl (C=O) groups is 1. The van der Waals surface area contributed by atoms with Crippen molar-refractivity contribution in [2.24, 2.45) is 0 Å². The van der Waals surface area contributed by atoms with Crippen molar-refractivity contribution in [1.29, 1.82) is 0 Å². The normalized spacial score (nSPS) is 13.1. The molecule has 2 rings (SSSR count). The van der Waals surface area contributed by atoms with Crippen LogP contribution in [0.2, 0.25) is 5.04 Å². The average Bonchev–Trinajstić information content (AvgIpc) is 2.94. The Morgan fingerprint density at radius 1 is 0.750 bits per heavy atom. The molecule has 0 aliphatic heterocycles. The SMILES string of the molecule is CCC(CC/C=C\CCCCCCCCCCCCC(=O)O)O[Si](c1ccccc1)(c1ccccc1)C(C)(C)C. The van der Waals surface area contributed by atoms with Crippen LogP contribution in [0.15, 0.2) is 72.8 Å². The Bertz CT molecular complexity index is 910. The summed E-state index contributed by atoms with van der Waals surface area (Å²) in [5.74, 6) is -0.666. The van der Waals surface area contributed by atoms with Gasteiger partial charge in [0.2, 0.25) is 0 Å². The highest BCUT2D eigenvalue weighted by Gasteiger charge is 2.51. The monoisotopic (exact) mass is 564 g/mol. The van der Waals surface area contributed by atoms with Crippen LogP contribution in [-0.2, 0) is 9.22 Å². The summed E-state index contributed by atoms with van der Waals surface area (Å²) in [6.45, 7) is 9.34. The molecular weight excluding hydrogens is 508 g/mol. The van der Waals surface area contributed by atoms with Gasteiger partial charge in [0.15, 0.2) is 0 Å². The Labute approximate surface area is 246 Å². The van der Waals surface area contributed by atoms with Gasteiger partial charge in [-0.15, -0.1) is 0 Å². The molecule has 40 heavy (non-hydrogen) atoms. The van der Waals surface area contributed by atoms with E-state index in [2.05, 4.69) is 101 Å². The van der Waals surface area contributed by atoms with Crippen LogP contribution in [0.25, 0.3) is 0 Å². The Hall–Kier alpha value is -2.17. The number of hydrogen-bond acceptors (Lipinski definition) is 2. The largest absolute Gasteiger partial charge is 0.481 e. The van der Waals surface area contributed by atoms with Crippen molar-refractivity contribution in [3.63, 3.8) is 0 Å². The van der Waals surface area contributed by atoms with E-state index in [9.17, 15) is 4.79 Å². The van der Waals surface area contributed by atoms with E-state index >= 15 is 0 Å². The first-order valence-electron chi connectivity index (χ1n) is 16.0. The van der Waals surface area contributed by atoms with Gasteiger partial charge in [0.1, 0.15) is 0 Å². The van der Waals surface area contributed by atoms with E-state index in [0.717, 1.165) is 32.1 Å². The lowest BCUT2D eigenvalue weighted by Crippen LogP contribution is -2.67. The molecule has 0 aliphatic carbocycles. The summed E-state index contributed by atoms with van der Waals surface area (Å²) < 4.78 is 7.33. The van der Waals surface area contributed by atoms with Crippen molar-refractivity contribution < 1.29 is 14.3 Å². The Morgan fingerprint density at radius 2 is 1.20 bits per heavy atom. The summed E-state index contributed by atoms with van der Waals surface area (Å²) in [5.41, 5.74) is 0. The number of aliphatic carboxylic acids is 1. The number of hydrogen-bond donors (Lipinski definition) is 1. The second kappa shape index (κ2) is 19.0. The highest BCUT2D eigenvalue weighted by atomic mass is 28.4. The van der Waals surface area contributed by atoms with Gasteiger partial charge in [-0.25, -0.2) is 0 Å². The first kappa shape index (κ1) is 34.0. The van der Waals surface area contributed by atoms with Crippen LogP contribution in [0.5, 0.6) is 0 Å². The van der Waals surface area contributed by atoms with Crippen LogP contribution in [-0.4, -0.2) is 25.5 Å². The Kier molecular flexibility index (Phi) is 16.2. The summed E-state index contributed by atoms with van der Waals surface area (Å²) >= 11 is 0. The average molecular weight is 565 g/mol. The number of carboxylic acid groups (broad SMARTS) is 1. The van der Waals surface area contributed by atoms with Crippen LogP contribution in [0.3, 0.4) is 0 Å². The predicted octanol–water partition coefficient (Wildman–Crippen LogP) is 9.44. The zero-order chi connectivity index (χ0) is 29.1. The maximum absolute atomic E-state index is 10.5. The molecule has 0 aliphatic rings. The quantitative estimate of drug-likeness (QED) is 0.0933. The van der Waals surface area contributed by atoms with Gasteiger partial charge in [-0.3, -0.25) is 4.79 Å². The first-order chi connectivity index (χ1) is 19.3. The topological polar surface area (TPSA) is 46.5 Å². The van der Waals surface area contributed by atoms with Gasteiger partial charge in [0, 0.05) is 12.5 Å². The fourth-order valence-electron chi connectivity index (χ4n) is 5.76. The molecule has 3 nitrogen and oxygen atoms in total. The number of carboxylic acids is 1. The van der Waals surface area contributed by atoms with E-state index in [-0.39, 0.29) is 11.1 Å². The van der Waals surface area contributed by atoms with E-state index < -0.39 is 14.3 Å². The van der Waals surface area contributed by atoms with Gasteiger partial charge in [-0.2, -0.15) is 0 Å². The fraction of sp³-hybridized carbons (Fsp3) is 0.583. The van der Waals surface area contributed by atoms with Gasteiger partial charge < -0.3 is 9.53 Å². The minimum atomic E-state index is -2.49.